The van der Waals surface area contributed by atoms with E-state index in [0.29, 0.717) is 16.9 Å². The number of fused-ring (bicyclic) bond motifs is 2. The lowest BCUT2D eigenvalue weighted by Gasteiger charge is -2.42. The van der Waals surface area contributed by atoms with Crippen molar-refractivity contribution in [3.05, 3.63) is 95.1 Å². The van der Waals surface area contributed by atoms with Crippen LogP contribution >= 0.6 is 0 Å². The number of aromatic hydroxyl groups is 5. The predicted octanol–water partition coefficient (Wildman–Crippen LogP) is 4.79. The summed E-state index contributed by atoms with van der Waals surface area (Å²) < 4.78 is 17.7. The molecule has 5 N–H and O–H groups in total. The normalized spacial score (nSPS) is 21.3. The molecule has 0 saturated carbocycles. The van der Waals surface area contributed by atoms with Gasteiger partial charge in [-0.25, -0.2) is 0 Å². The van der Waals surface area contributed by atoms with E-state index in [-0.39, 0.29) is 39.9 Å². The Bertz CT molecular complexity index is 1680. The summed E-state index contributed by atoms with van der Waals surface area (Å²) in [6.45, 7) is 0. The zero-order chi connectivity index (χ0) is 29.0. The molecule has 0 spiro atoms. The van der Waals surface area contributed by atoms with Crippen molar-refractivity contribution in [2.24, 2.45) is 11.8 Å². The van der Waals surface area contributed by atoms with Crippen LogP contribution in [0.25, 0.3) is 0 Å². The third-order valence-electron chi connectivity index (χ3n) is 7.44. The SMILES string of the molecule is COc1ccc([C@@H]2Oc3cc(O)cc(O)c3C(=O)[C@@H]2[C@H]2C(=O)c3c(O)cc(O)cc3O[C@@H]2c2ccc(O)cc2)cc1. The fourth-order valence-electron chi connectivity index (χ4n) is 5.59. The van der Waals surface area contributed by atoms with Gasteiger partial charge < -0.3 is 39.7 Å². The molecular formula is C31H24O10. The van der Waals surface area contributed by atoms with Gasteiger partial charge in [-0.1, -0.05) is 24.3 Å². The van der Waals surface area contributed by atoms with E-state index in [1.165, 1.54) is 43.5 Å². The molecule has 0 amide bonds. The number of ether oxygens (including phenoxy) is 3. The van der Waals surface area contributed by atoms with Gasteiger partial charge in [-0.15, -0.1) is 0 Å². The van der Waals surface area contributed by atoms with Crippen molar-refractivity contribution in [2.45, 2.75) is 12.2 Å². The average molecular weight is 557 g/mol. The molecule has 0 aromatic heterocycles. The lowest BCUT2D eigenvalue weighted by molar-refractivity contribution is 0.0129. The Morgan fingerprint density at radius 3 is 1.41 bits per heavy atom. The molecule has 2 aliphatic heterocycles. The van der Waals surface area contributed by atoms with Crippen molar-refractivity contribution in [3.8, 4) is 46.0 Å². The van der Waals surface area contributed by atoms with Gasteiger partial charge in [0.2, 0.25) is 0 Å². The van der Waals surface area contributed by atoms with Crippen LogP contribution in [0.2, 0.25) is 0 Å². The van der Waals surface area contributed by atoms with Crippen LogP contribution in [0.5, 0.6) is 46.0 Å². The van der Waals surface area contributed by atoms with Crippen molar-refractivity contribution in [1.82, 2.24) is 0 Å². The number of phenolic OH excluding ortho intramolecular Hbond substituents is 5. The van der Waals surface area contributed by atoms with Crippen molar-refractivity contribution < 1.29 is 49.3 Å². The summed E-state index contributed by atoms with van der Waals surface area (Å²) in [5.41, 5.74) is 0.493. The number of ketones is 2. The van der Waals surface area contributed by atoms with Gasteiger partial charge >= 0.3 is 0 Å². The second-order valence-corrected chi connectivity index (χ2v) is 9.90. The molecule has 4 aromatic rings. The van der Waals surface area contributed by atoms with Crippen molar-refractivity contribution in [1.29, 1.82) is 0 Å². The number of hydrogen-bond acceptors (Lipinski definition) is 10. The number of phenols is 5. The van der Waals surface area contributed by atoms with Crippen molar-refractivity contribution >= 4 is 11.6 Å². The highest BCUT2D eigenvalue weighted by Gasteiger charge is 2.53. The number of carbonyl (C=O) groups is 2. The lowest BCUT2D eigenvalue weighted by atomic mass is 9.69. The number of Topliss-reactive ketones (excluding diaryl/α,β-unsaturated/α-hetero) is 2. The molecule has 2 aliphatic rings. The Morgan fingerprint density at radius 2 is 1.00 bits per heavy atom. The second-order valence-electron chi connectivity index (χ2n) is 9.90. The van der Waals surface area contributed by atoms with Gasteiger partial charge in [0, 0.05) is 24.3 Å². The first-order valence-corrected chi connectivity index (χ1v) is 12.6. The molecule has 0 fully saturated rings. The summed E-state index contributed by atoms with van der Waals surface area (Å²) in [7, 11) is 1.50. The topological polar surface area (TPSA) is 163 Å². The fraction of sp³-hybridized carbons (Fsp3) is 0.161. The first-order chi connectivity index (χ1) is 19.7. The number of methoxy groups -OCH3 is 1. The third kappa shape index (κ3) is 4.29. The van der Waals surface area contributed by atoms with E-state index in [2.05, 4.69) is 0 Å². The highest BCUT2D eigenvalue weighted by molar-refractivity contribution is 6.11. The van der Waals surface area contributed by atoms with Crippen LogP contribution in [0.4, 0.5) is 0 Å². The third-order valence-corrected chi connectivity index (χ3v) is 7.44. The molecule has 4 atom stereocenters. The first kappa shape index (κ1) is 25.9. The van der Waals surface area contributed by atoms with E-state index in [4.69, 9.17) is 14.2 Å². The largest absolute Gasteiger partial charge is 0.508 e. The van der Waals surface area contributed by atoms with E-state index >= 15 is 0 Å². The summed E-state index contributed by atoms with van der Waals surface area (Å²) in [4.78, 5) is 28.6. The van der Waals surface area contributed by atoms with Gasteiger partial charge in [0.25, 0.3) is 0 Å². The smallest absolute Gasteiger partial charge is 0.178 e. The van der Waals surface area contributed by atoms with Crippen LogP contribution in [0, 0.1) is 11.8 Å². The van der Waals surface area contributed by atoms with Crippen LogP contribution < -0.4 is 14.2 Å². The summed E-state index contributed by atoms with van der Waals surface area (Å²) in [6.07, 6.45) is -2.23. The van der Waals surface area contributed by atoms with Crippen LogP contribution in [-0.2, 0) is 0 Å². The Balaban J connectivity index is 1.58. The summed E-state index contributed by atoms with van der Waals surface area (Å²) in [5, 5.41) is 51.4. The second kappa shape index (κ2) is 9.67. The Labute approximate surface area is 233 Å². The van der Waals surface area contributed by atoms with E-state index in [1.807, 2.05) is 0 Å². The molecule has 0 unspecified atom stereocenters. The van der Waals surface area contributed by atoms with Crippen LogP contribution in [-0.4, -0.2) is 44.2 Å². The van der Waals surface area contributed by atoms with Gasteiger partial charge in [-0.2, -0.15) is 0 Å². The molecule has 2 heterocycles. The summed E-state index contributed by atoms with van der Waals surface area (Å²) >= 11 is 0. The van der Waals surface area contributed by atoms with Gasteiger partial charge in [-0.3, -0.25) is 9.59 Å². The van der Waals surface area contributed by atoms with Gasteiger partial charge in [-0.05, 0) is 35.4 Å². The minimum atomic E-state index is -1.30. The molecule has 208 valence electrons. The highest BCUT2D eigenvalue weighted by Crippen LogP contribution is 2.53. The quantitative estimate of drug-likeness (QED) is 0.236. The highest BCUT2D eigenvalue weighted by atomic mass is 16.5. The lowest BCUT2D eigenvalue weighted by Crippen LogP contribution is -2.45. The predicted molar refractivity (Wildman–Crippen MR) is 143 cm³/mol. The maximum absolute atomic E-state index is 14.3. The monoisotopic (exact) mass is 556 g/mol. The molecule has 6 rings (SSSR count). The Morgan fingerprint density at radius 1 is 0.585 bits per heavy atom. The zero-order valence-corrected chi connectivity index (χ0v) is 21.5. The molecule has 0 saturated heterocycles. The van der Waals surface area contributed by atoms with E-state index in [9.17, 15) is 35.1 Å². The molecular weight excluding hydrogens is 532 g/mol. The average Bonchev–Trinajstić information content (AvgIpc) is 2.93. The summed E-state index contributed by atoms with van der Waals surface area (Å²) in [6, 6.07) is 17.0. The summed E-state index contributed by atoms with van der Waals surface area (Å²) in [5.74, 6) is -5.23. The molecule has 10 nitrogen and oxygen atoms in total. The number of carbonyl (C=O) groups excluding carboxylic acids is 2. The van der Waals surface area contributed by atoms with E-state index in [1.54, 1.807) is 24.3 Å². The molecule has 0 bridgehead atoms. The zero-order valence-electron chi connectivity index (χ0n) is 21.5. The maximum Gasteiger partial charge on any atom is 0.178 e. The molecule has 41 heavy (non-hydrogen) atoms. The molecule has 4 aromatic carbocycles. The molecule has 0 radical (unpaired) electrons. The van der Waals surface area contributed by atoms with Crippen molar-refractivity contribution in [2.75, 3.05) is 7.11 Å². The van der Waals surface area contributed by atoms with Crippen LogP contribution in [0.1, 0.15) is 44.1 Å². The van der Waals surface area contributed by atoms with Crippen LogP contribution in [0.15, 0.2) is 72.8 Å². The van der Waals surface area contributed by atoms with Gasteiger partial charge in [0.15, 0.2) is 11.6 Å². The van der Waals surface area contributed by atoms with Crippen LogP contribution in [0.3, 0.4) is 0 Å². The fourth-order valence-corrected chi connectivity index (χ4v) is 5.59. The standard InChI is InChI=1S/C31H24O10/c1-39-19-8-4-15(5-9-19)31-27(29(38)25-21(36)11-18(34)13-23(25)41-31)26-28(37)24-20(35)10-17(33)12-22(24)40-30(26)14-2-6-16(32)7-3-14/h2-13,26-27,30-36H,1H3/t26-,27-,30+,31-/m0/s1. The number of benzene rings is 4. The van der Waals surface area contributed by atoms with Gasteiger partial charge in [0.1, 0.15) is 69.3 Å². The molecule has 0 aliphatic carbocycles. The maximum atomic E-state index is 14.3. The minimum Gasteiger partial charge on any atom is -0.508 e. The van der Waals surface area contributed by atoms with Gasteiger partial charge in [0.05, 0.1) is 18.9 Å². The minimum absolute atomic E-state index is 0.0324. The number of hydrogen-bond donors (Lipinski definition) is 5. The number of rotatable bonds is 4. The van der Waals surface area contributed by atoms with E-state index < -0.39 is 47.1 Å². The van der Waals surface area contributed by atoms with Crippen molar-refractivity contribution in [3.63, 3.8) is 0 Å². The Kier molecular flexibility index (Phi) is 6.10. The van der Waals surface area contributed by atoms with E-state index in [0.717, 1.165) is 12.1 Å². The Hall–Kier alpha value is -5.38. The first-order valence-electron chi connectivity index (χ1n) is 12.6. The molecule has 10 heteroatoms.